The zero-order chi connectivity index (χ0) is 22.4. The molecule has 31 heavy (non-hydrogen) atoms. The Kier molecular flexibility index (Phi) is 7.26. The number of ketones is 1. The van der Waals surface area contributed by atoms with Crippen molar-refractivity contribution in [2.24, 2.45) is 0 Å². The van der Waals surface area contributed by atoms with E-state index in [4.69, 9.17) is 9.47 Å². The van der Waals surface area contributed by atoms with Gasteiger partial charge in [-0.1, -0.05) is 30.3 Å². The lowest BCUT2D eigenvalue weighted by atomic mass is 10.1. The highest BCUT2D eigenvalue weighted by molar-refractivity contribution is 7.12. The van der Waals surface area contributed by atoms with E-state index in [2.05, 4.69) is 5.32 Å². The van der Waals surface area contributed by atoms with Gasteiger partial charge in [0.25, 0.3) is 5.91 Å². The Balaban J connectivity index is 1.64. The quantitative estimate of drug-likeness (QED) is 0.370. The monoisotopic (exact) mass is 435 g/mol. The predicted molar refractivity (Wildman–Crippen MR) is 125 cm³/mol. The second-order valence-corrected chi connectivity index (χ2v) is 8.55. The number of nitrogens with one attached hydrogen (secondary N) is 1. The number of rotatable bonds is 8. The van der Waals surface area contributed by atoms with Crippen LogP contribution in [0.5, 0.6) is 11.5 Å². The van der Waals surface area contributed by atoms with E-state index in [0.717, 1.165) is 32.1 Å². The number of hydrogen-bond acceptors (Lipinski definition) is 5. The Morgan fingerprint density at radius 3 is 2.48 bits per heavy atom. The van der Waals surface area contributed by atoms with Crippen molar-refractivity contribution in [3.05, 3.63) is 81.1 Å². The molecule has 2 aromatic carbocycles. The SMILES string of the molecule is COc1cc(/C=C/C(=O)c2cc(C)sc2C)ccc1OCC(=O)Nc1ccccc1C. The number of benzene rings is 2. The first-order valence-corrected chi connectivity index (χ1v) is 10.6. The summed E-state index contributed by atoms with van der Waals surface area (Å²) in [6.45, 7) is 5.72. The van der Waals surface area contributed by atoms with E-state index in [1.54, 1.807) is 35.6 Å². The van der Waals surface area contributed by atoms with Gasteiger partial charge in [0.2, 0.25) is 0 Å². The van der Waals surface area contributed by atoms with E-state index in [0.29, 0.717) is 11.5 Å². The molecule has 1 N–H and O–H groups in total. The summed E-state index contributed by atoms with van der Waals surface area (Å²) in [6.07, 6.45) is 3.30. The number of anilines is 1. The fourth-order valence-electron chi connectivity index (χ4n) is 3.09. The van der Waals surface area contributed by atoms with Crippen molar-refractivity contribution < 1.29 is 19.1 Å². The average Bonchev–Trinajstić information content (AvgIpc) is 3.10. The maximum absolute atomic E-state index is 12.4. The lowest BCUT2D eigenvalue weighted by Gasteiger charge is -2.12. The summed E-state index contributed by atoms with van der Waals surface area (Å²) in [5, 5.41) is 2.83. The van der Waals surface area contributed by atoms with Gasteiger partial charge in [-0.2, -0.15) is 0 Å². The molecule has 160 valence electrons. The van der Waals surface area contributed by atoms with E-state index in [9.17, 15) is 9.59 Å². The molecule has 1 aromatic heterocycles. The Labute approximate surface area is 186 Å². The first kappa shape index (κ1) is 22.3. The first-order valence-electron chi connectivity index (χ1n) is 9.83. The molecule has 0 atom stereocenters. The van der Waals surface area contributed by atoms with Crippen LogP contribution in [0.25, 0.3) is 6.08 Å². The summed E-state index contributed by atoms with van der Waals surface area (Å²) in [5.74, 6) is 0.650. The molecule has 0 spiro atoms. The molecule has 1 heterocycles. The number of methoxy groups -OCH3 is 1. The van der Waals surface area contributed by atoms with Crippen molar-refractivity contribution in [2.75, 3.05) is 19.0 Å². The molecule has 1 amide bonds. The second-order valence-electron chi connectivity index (χ2n) is 7.09. The van der Waals surface area contributed by atoms with Gasteiger partial charge in [0.1, 0.15) is 0 Å². The third-order valence-electron chi connectivity index (χ3n) is 4.70. The number of hydrogen-bond donors (Lipinski definition) is 1. The maximum atomic E-state index is 12.4. The first-order chi connectivity index (χ1) is 14.9. The van der Waals surface area contributed by atoms with E-state index >= 15 is 0 Å². The molecule has 0 radical (unpaired) electrons. The molecule has 6 heteroatoms. The number of para-hydroxylation sites is 1. The molecule has 0 aliphatic heterocycles. The van der Waals surface area contributed by atoms with Gasteiger partial charge in [-0.25, -0.2) is 0 Å². The van der Waals surface area contributed by atoms with Crippen molar-refractivity contribution in [1.82, 2.24) is 0 Å². The number of carbonyl (C=O) groups is 2. The summed E-state index contributed by atoms with van der Waals surface area (Å²) in [5.41, 5.74) is 3.26. The lowest BCUT2D eigenvalue weighted by molar-refractivity contribution is -0.118. The summed E-state index contributed by atoms with van der Waals surface area (Å²) < 4.78 is 11.0. The molecule has 0 saturated carbocycles. The molecule has 0 aliphatic rings. The third-order valence-corrected chi connectivity index (χ3v) is 5.67. The standard InChI is InChI=1S/C25H25NO4S/c1-16-7-5-6-8-21(16)26-25(28)15-30-23-12-10-19(14-24(23)29-4)9-11-22(27)20-13-17(2)31-18(20)3/h5-14H,15H2,1-4H3,(H,26,28)/b11-9+. The number of allylic oxidation sites excluding steroid dienone is 1. The van der Waals surface area contributed by atoms with E-state index < -0.39 is 0 Å². The summed E-state index contributed by atoms with van der Waals surface area (Å²) in [6, 6.07) is 14.8. The average molecular weight is 436 g/mol. The highest BCUT2D eigenvalue weighted by atomic mass is 32.1. The Morgan fingerprint density at radius 1 is 1.03 bits per heavy atom. The van der Waals surface area contributed by atoms with Crippen LogP contribution in [0.15, 0.2) is 54.6 Å². The zero-order valence-electron chi connectivity index (χ0n) is 18.0. The van der Waals surface area contributed by atoms with Gasteiger partial charge in [-0.3, -0.25) is 9.59 Å². The van der Waals surface area contributed by atoms with Crippen molar-refractivity contribution in [3.63, 3.8) is 0 Å². The number of thiophene rings is 1. The Hall–Kier alpha value is -3.38. The highest BCUT2D eigenvalue weighted by Gasteiger charge is 2.11. The summed E-state index contributed by atoms with van der Waals surface area (Å²) in [4.78, 5) is 26.8. The largest absolute Gasteiger partial charge is 0.493 e. The van der Waals surface area contributed by atoms with Crippen molar-refractivity contribution >= 4 is 34.8 Å². The molecule has 3 rings (SSSR count). The van der Waals surface area contributed by atoms with Crippen LogP contribution in [-0.4, -0.2) is 25.4 Å². The van der Waals surface area contributed by atoms with Gasteiger partial charge < -0.3 is 14.8 Å². The second kappa shape index (κ2) is 10.1. The van der Waals surface area contributed by atoms with E-state index in [1.807, 2.05) is 57.2 Å². The molecule has 0 bridgehead atoms. The van der Waals surface area contributed by atoms with Crippen LogP contribution in [0, 0.1) is 20.8 Å². The minimum atomic E-state index is -0.257. The van der Waals surface area contributed by atoms with Gasteiger partial charge in [0.15, 0.2) is 23.9 Å². The highest BCUT2D eigenvalue weighted by Crippen LogP contribution is 2.29. The zero-order valence-corrected chi connectivity index (χ0v) is 18.8. The van der Waals surface area contributed by atoms with E-state index in [-0.39, 0.29) is 18.3 Å². The third kappa shape index (κ3) is 5.83. The number of aryl methyl sites for hydroxylation is 3. The fraction of sp³-hybridized carbons (Fsp3) is 0.200. The van der Waals surface area contributed by atoms with Crippen LogP contribution >= 0.6 is 11.3 Å². The molecule has 0 saturated heterocycles. The molecular formula is C25H25NO4S. The van der Waals surface area contributed by atoms with Gasteiger partial charge in [-0.15, -0.1) is 11.3 Å². The van der Waals surface area contributed by atoms with Gasteiger partial charge in [-0.05, 0) is 62.2 Å². The van der Waals surface area contributed by atoms with Crippen molar-refractivity contribution in [2.45, 2.75) is 20.8 Å². The van der Waals surface area contributed by atoms with Crippen LogP contribution in [-0.2, 0) is 4.79 Å². The van der Waals surface area contributed by atoms with E-state index in [1.165, 1.54) is 7.11 Å². The van der Waals surface area contributed by atoms with Gasteiger partial charge >= 0.3 is 0 Å². The van der Waals surface area contributed by atoms with Gasteiger partial charge in [0.05, 0.1) is 7.11 Å². The Bertz CT molecular complexity index is 1130. The van der Waals surface area contributed by atoms with Crippen LogP contribution < -0.4 is 14.8 Å². The molecule has 0 unspecified atom stereocenters. The minimum absolute atomic E-state index is 0.0333. The smallest absolute Gasteiger partial charge is 0.262 e. The topological polar surface area (TPSA) is 64.6 Å². The van der Waals surface area contributed by atoms with Crippen LogP contribution in [0.3, 0.4) is 0 Å². The number of carbonyl (C=O) groups excluding carboxylic acids is 2. The predicted octanol–water partition coefficient (Wildman–Crippen LogP) is 5.60. The summed E-state index contributed by atoms with van der Waals surface area (Å²) in [7, 11) is 1.53. The number of amides is 1. The fourth-order valence-corrected chi connectivity index (χ4v) is 4.02. The van der Waals surface area contributed by atoms with Crippen LogP contribution in [0.4, 0.5) is 5.69 Å². The lowest BCUT2D eigenvalue weighted by Crippen LogP contribution is -2.20. The molecule has 0 aliphatic carbocycles. The summed E-state index contributed by atoms with van der Waals surface area (Å²) >= 11 is 1.61. The molecular weight excluding hydrogens is 410 g/mol. The molecule has 5 nitrogen and oxygen atoms in total. The minimum Gasteiger partial charge on any atom is -0.493 e. The van der Waals surface area contributed by atoms with Crippen LogP contribution in [0.1, 0.15) is 31.2 Å². The maximum Gasteiger partial charge on any atom is 0.262 e. The van der Waals surface area contributed by atoms with Crippen molar-refractivity contribution in [1.29, 1.82) is 0 Å². The van der Waals surface area contributed by atoms with Crippen LogP contribution in [0.2, 0.25) is 0 Å². The number of ether oxygens (including phenoxy) is 2. The normalized spacial score (nSPS) is 10.8. The Morgan fingerprint density at radius 2 is 1.81 bits per heavy atom. The van der Waals surface area contributed by atoms with Crippen molar-refractivity contribution in [3.8, 4) is 11.5 Å². The molecule has 3 aromatic rings. The molecule has 0 fully saturated rings. The van der Waals surface area contributed by atoms with Gasteiger partial charge in [0, 0.05) is 21.0 Å².